The van der Waals surface area contributed by atoms with Crippen LogP contribution in [0.25, 0.3) is 0 Å². The normalized spacial score (nSPS) is 14.1. The summed E-state index contributed by atoms with van der Waals surface area (Å²) in [4.78, 5) is 72.7. The van der Waals surface area contributed by atoms with Crippen LogP contribution in [-0.4, -0.2) is 96.7 Å². The van der Waals surface area contributed by atoms with Crippen molar-refractivity contribution in [3.8, 4) is 0 Å². The topological polar surface area (TPSA) is 237 Å². The van der Waals surface area contributed by atoms with Gasteiger partial charge in [-0.15, -0.1) is 0 Å². The van der Waals surface area contributed by atoms with E-state index in [0.29, 0.717) is 25.7 Å². The van der Waals surface area contributed by atoms with E-state index in [0.717, 1.165) is 109 Å². The molecule has 0 heterocycles. The lowest BCUT2D eigenvalue weighted by atomic mass is 10.0. The van der Waals surface area contributed by atoms with Crippen molar-refractivity contribution in [2.75, 3.05) is 39.6 Å². The Labute approximate surface area is 573 Å². The summed E-state index contributed by atoms with van der Waals surface area (Å²) in [6.45, 7) is 7.21. The van der Waals surface area contributed by atoms with Gasteiger partial charge in [-0.1, -0.05) is 316 Å². The molecule has 0 aromatic carbocycles. The molecule has 0 spiro atoms. The van der Waals surface area contributed by atoms with Gasteiger partial charge in [0.25, 0.3) is 0 Å². The lowest BCUT2D eigenvalue weighted by Crippen LogP contribution is -2.30. The fraction of sp³-hybridized carbons (Fsp3) is 0.893. The van der Waals surface area contributed by atoms with Crippen LogP contribution in [0, 0.1) is 5.92 Å². The summed E-state index contributed by atoms with van der Waals surface area (Å²) < 4.78 is 68.4. The van der Waals surface area contributed by atoms with Crippen LogP contribution >= 0.6 is 15.6 Å². The first-order chi connectivity index (χ1) is 45.5. The first kappa shape index (κ1) is 91.5. The number of esters is 4. The summed E-state index contributed by atoms with van der Waals surface area (Å²) in [5.41, 5.74) is 0. The molecule has 17 nitrogen and oxygen atoms in total. The van der Waals surface area contributed by atoms with Crippen LogP contribution in [0.15, 0.2) is 24.3 Å². The van der Waals surface area contributed by atoms with E-state index in [2.05, 4.69) is 58.9 Å². The third-order valence-electron chi connectivity index (χ3n) is 16.9. The summed E-state index contributed by atoms with van der Waals surface area (Å²) in [6.07, 6.45) is 58.9. The highest BCUT2D eigenvalue weighted by molar-refractivity contribution is 7.47. The standard InChI is InChI=1S/C75H142O17P2/c1-6-9-12-15-18-21-24-26-28-30-34-39-44-49-54-59-73(78)86-65-71(91-74(79)60-55-50-45-40-35-31-29-27-25-22-19-16-13-10-7-2)67-90-94(83,84)88-63-69(76)62-87-93(81,82)89-66-70(64-85-72(77)58-53-48-43-38-23-20-17-14-11-8-3)92-75(80)61-56-51-46-41-36-32-33-37-42-47-52-57-68(4)5/h22,25,27,29,68-71,76H,6-21,23-24,26,28,30-67H2,1-5H3,(H,81,82)(H,83,84)/b25-22-,29-27-/t69-,70+,71+/m0/s1. The largest absolute Gasteiger partial charge is 0.472 e. The van der Waals surface area contributed by atoms with Crippen LogP contribution in [0.3, 0.4) is 0 Å². The minimum absolute atomic E-state index is 0.0857. The maximum Gasteiger partial charge on any atom is 0.472 e. The lowest BCUT2D eigenvalue weighted by Gasteiger charge is -2.21. The number of carbonyl (C=O) groups excluding carboxylic acids is 4. The van der Waals surface area contributed by atoms with Crippen molar-refractivity contribution in [3.05, 3.63) is 24.3 Å². The first-order valence-corrected chi connectivity index (χ1v) is 41.4. The van der Waals surface area contributed by atoms with Crippen molar-refractivity contribution in [1.29, 1.82) is 0 Å². The highest BCUT2D eigenvalue weighted by Crippen LogP contribution is 2.45. The molecule has 2 unspecified atom stereocenters. The maximum atomic E-state index is 13.1. The molecule has 0 aliphatic rings. The van der Waals surface area contributed by atoms with E-state index in [9.17, 15) is 43.2 Å². The molecule has 3 N–H and O–H groups in total. The number of ether oxygens (including phenoxy) is 4. The van der Waals surface area contributed by atoms with Gasteiger partial charge in [0.1, 0.15) is 19.3 Å². The quantitative estimate of drug-likeness (QED) is 0.0169. The molecule has 5 atom stereocenters. The van der Waals surface area contributed by atoms with Gasteiger partial charge in [0.2, 0.25) is 0 Å². The van der Waals surface area contributed by atoms with E-state index in [4.69, 9.17) is 37.0 Å². The van der Waals surface area contributed by atoms with Gasteiger partial charge in [-0.25, -0.2) is 9.13 Å². The van der Waals surface area contributed by atoms with Gasteiger partial charge >= 0.3 is 39.5 Å². The molecule has 0 fully saturated rings. The average molecular weight is 1380 g/mol. The summed E-state index contributed by atoms with van der Waals surface area (Å²) in [7, 11) is -9.92. The van der Waals surface area contributed by atoms with Gasteiger partial charge in [-0.05, 0) is 57.3 Å². The molecule has 0 aliphatic heterocycles. The molecule has 19 heteroatoms. The zero-order valence-corrected chi connectivity index (χ0v) is 62.4. The van der Waals surface area contributed by atoms with Crippen molar-refractivity contribution in [2.45, 2.75) is 387 Å². The lowest BCUT2D eigenvalue weighted by molar-refractivity contribution is -0.161. The third-order valence-corrected chi connectivity index (χ3v) is 18.8. The fourth-order valence-electron chi connectivity index (χ4n) is 11.0. The van der Waals surface area contributed by atoms with Crippen LogP contribution in [0.1, 0.15) is 369 Å². The minimum atomic E-state index is -4.96. The minimum Gasteiger partial charge on any atom is -0.462 e. The fourth-order valence-corrected chi connectivity index (χ4v) is 12.6. The molecule has 0 aromatic heterocycles. The van der Waals surface area contributed by atoms with Crippen LogP contribution in [-0.2, 0) is 65.4 Å². The maximum absolute atomic E-state index is 13.1. The van der Waals surface area contributed by atoms with Crippen LogP contribution in [0.2, 0.25) is 0 Å². The second kappa shape index (κ2) is 67.7. The zero-order valence-electron chi connectivity index (χ0n) is 60.6. The van der Waals surface area contributed by atoms with Gasteiger partial charge < -0.3 is 33.8 Å². The Hall–Kier alpha value is -2.46. The molecule has 554 valence electrons. The number of phosphoric acid groups is 2. The number of phosphoric ester groups is 2. The summed E-state index contributed by atoms with van der Waals surface area (Å²) in [6, 6.07) is 0. The number of hydrogen-bond acceptors (Lipinski definition) is 15. The Morgan fingerprint density at radius 1 is 0.330 bits per heavy atom. The number of carbonyl (C=O) groups is 4. The van der Waals surface area contributed by atoms with Gasteiger partial charge in [0, 0.05) is 25.7 Å². The Morgan fingerprint density at radius 2 is 0.574 bits per heavy atom. The van der Waals surface area contributed by atoms with Gasteiger partial charge in [0.05, 0.1) is 26.4 Å². The van der Waals surface area contributed by atoms with E-state index >= 15 is 0 Å². The van der Waals surface area contributed by atoms with Crippen LogP contribution in [0.5, 0.6) is 0 Å². The Balaban J connectivity index is 5.28. The average Bonchev–Trinajstić information content (AvgIpc) is 1.95. The summed E-state index contributed by atoms with van der Waals surface area (Å²) >= 11 is 0. The second-order valence-corrected chi connectivity index (χ2v) is 29.7. The zero-order chi connectivity index (χ0) is 69.1. The Morgan fingerprint density at radius 3 is 0.872 bits per heavy atom. The molecular formula is C75H142O17P2. The van der Waals surface area contributed by atoms with E-state index in [1.54, 1.807) is 0 Å². The Bertz CT molecular complexity index is 1900. The van der Waals surface area contributed by atoms with E-state index in [1.165, 1.54) is 180 Å². The predicted octanol–water partition coefficient (Wildman–Crippen LogP) is 21.6. The number of hydrogen-bond donors (Lipinski definition) is 3. The predicted molar refractivity (Wildman–Crippen MR) is 381 cm³/mol. The molecule has 94 heavy (non-hydrogen) atoms. The van der Waals surface area contributed by atoms with E-state index in [-0.39, 0.29) is 25.7 Å². The van der Waals surface area contributed by atoms with Gasteiger partial charge in [-0.2, -0.15) is 0 Å². The molecule has 0 rings (SSSR count). The molecule has 0 aliphatic carbocycles. The van der Waals surface area contributed by atoms with Crippen molar-refractivity contribution >= 4 is 39.5 Å². The highest BCUT2D eigenvalue weighted by Gasteiger charge is 2.30. The van der Waals surface area contributed by atoms with E-state index < -0.39 is 97.5 Å². The molecule has 0 amide bonds. The molecule has 0 aromatic rings. The van der Waals surface area contributed by atoms with Crippen LogP contribution in [0.4, 0.5) is 0 Å². The highest BCUT2D eigenvalue weighted by atomic mass is 31.2. The second-order valence-electron chi connectivity index (χ2n) is 26.8. The number of rotatable bonds is 73. The van der Waals surface area contributed by atoms with Gasteiger partial charge in [0.15, 0.2) is 12.2 Å². The number of aliphatic hydroxyl groups excluding tert-OH is 1. The molecule has 0 saturated heterocycles. The van der Waals surface area contributed by atoms with E-state index in [1.807, 2.05) is 0 Å². The molecule has 0 saturated carbocycles. The van der Waals surface area contributed by atoms with Crippen molar-refractivity contribution in [1.82, 2.24) is 0 Å². The summed E-state index contributed by atoms with van der Waals surface area (Å²) in [5.74, 6) is -1.38. The monoisotopic (exact) mass is 1380 g/mol. The summed E-state index contributed by atoms with van der Waals surface area (Å²) in [5, 5.41) is 10.6. The third kappa shape index (κ3) is 68.1. The van der Waals surface area contributed by atoms with Crippen molar-refractivity contribution in [2.24, 2.45) is 5.92 Å². The van der Waals surface area contributed by atoms with Crippen molar-refractivity contribution in [3.63, 3.8) is 0 Å². The Kier molecular flexibility index (Phi) is 65.9. The smallest absolute Gasteiger partial charge is 0.462 e. The molecular weight excluding hydrogens is 1230 g/mol. The molecule has 0 radical (unpaired) electrons. The van der Waals surface area contributed by atoms with Gasteiger partial charge in [-0.3, -0.25) is 37.3 Å². The SMILES string of the molecule is CCCCCC/C=C\C=C/CCCCCCCC(=O)O[C@H](COC(=O)CCCCCCCCCCCCCCCCC)COP(=O)(O)OC[C@@H](O)COP(=O)(O)OC[C@@H](COC(=O)CCCCCCCCCCCC)OC(=O)CCCCCCCCCCCCCC(C)C. The number of allylic oxidation sites excluding steroid dienone is 4. The number of aliphatic hydroxyl groups is 1. The number of unbranched alkanes of at least 4 members (excludes halogenated alkanes) is 42. The van der Waals surface area contributed by atoms with Crippen molar-refractivity contribution < 1.29 is 80.2 Å². The molecule has 0 bridgehead atoms. The first-order valence-electron chi connectivity index (χ1n) is 38.5. The van der Waals surface area contributed by atoms with Crippen LogP contribution < -0.4 is 0 Å².